The third-order valence-electron chi connectivity index (χ3n) is 3.05. The lowest BCUT2D eigenvalue weighted by Crippen LogP contribution is -2.10. The second kappa shape index (κ2) is 2.13. The number of hydrogen-bond donors (Lipinski definition) is 0. The summed E-state index contributed by atoms with van der Waals surface area (Å²) in [5.74, 6) is 0. The first-order valence-electron chi connectivity index (χ1n) is 4.71. The number of aromatic nitrogens is 2. The van der Waals surface area contributed by atoms with Gasteiger partial charge in [-0.2, -0.15) is 0 Å². The van der Waals surface area contributed by atoms with E-state index >= 15 is 0 Å². The van der Waals surface area contributed by atoms with Crippen LogP contribution in [0, 0.1) is 0 Å². The van der Waals surface area contributed by atoms with Gasteiger partial charge in [0.2, 0.25) is 0 Å². The number of hydrogen-bond acceptors (Lipinski definition) is 1. The fourth-order valence-corrected chi connectivity index (χ4v) is 1.87. The zero-order chi connectivity index (χ0) is 8.89. The Morgan fingerprint density at radius 2 is 2.23 bits per heavy atom. The van der Waals surface area contributed by atoms with Crippen LogP contribution in [0.1, 0.15) is 19.8 Å². The number of rotatable bonds is 1. The van der Waals surface area contributed by atoms with E-state index in [1.165, 1.54) is 23.7 Å². The van der Waals surface area contributed by atoms with Crippen LogP contribution in [0.5, 0.6) is 0 Å². The predicted molar refractivity (Wildman–Crippen MR) is 52.6 cm³/mol. The molecule has 2 aromatic heterocycles. The van der Waals surface area contributed by atoms with Gasteiger partial charge in [-0.25, -0.2) is 0 Å². The first-order chi connectivity index (χ1) is 6.30. The van der Waals surface area contributed by atoms with Crippen molar-refractivity contribution >= 4 is 10.9 Å². The second-order valence-electron chi connectivity index (χ2n) is 4.12. The maximum Gasteiger partial charge on any atom is 0.0671 e. The van der Waals surface area contributed by atoms with Gasteiger partial charge in [0.15, 0.2) is 0 Å². The molecular formula is C11H12N2. The Labute approximate surface area is 77.2 Å². The van der Waals surface area contributed by atoms with E-state index in [2.05, 4.69) is 34.8 Å². The fraction of sp³-hybridized carbons (Fsp3) is 0.364. The number of nitrogens with zero attached hydrogens (tertiary/aromatic N) is 2. The minimum absolute atomic E-state index is 0.380. The molecule has 2 heterocycles. The van der Waals surface area contributed by atoms with Gasteiger partial charge in [-0.05, 0) is 31.9 Å². The molecule has 0 aromatic carbocycles. The van der Waals surface area contributed by atoms with Crippen molar-refractivity contribution in [3.63, 3.8) is 0 Å². The molecule has 0 atom stereocenters. The molecule has 0 N–H and O–H groups in total. The van der Waals surface area contributed by atoms with E-state index in [1.54, 1.807) is 0 Å². The molecule has 0 amide bonds. The normalized spacial score (nSPS) is 19.2. The van der Waals surface area contributed by atoms with E-state index < -0.39 is 0 Å². The summed E-state index contributed by atoms with van der Waals surface area (Å²) in [6, 6.07) is 4.23. The van der Waals surface area contributed by atoms with Crippen LogP contribution in [-0.2, 0) is 5.54 Å². The first-order valence-corrected chi connectivity index (χ1v) is 4.71. The lowest BCUT2D eigenvalue weighted by atomic mass is 10.3. The minimum Gasteiger partial charge on any atom is -0.340 e. The van der Waals surface area contributed by atoms with Gasteiger partial charge in [0.1, 0.15) is 0 Å². The van der Waals surface area contributed by atoms with E-state index in [0.717, 1.165) is 0 Å². The molecule has 0 saturated heterocycles. The maximum absolute atomic E-state index is 4.17. The molecule has 0 bridgehead atoms. The van der Waals surface area contributed by atoms with Gasteiger partial charge in [-0.1, -0.05) is 0 Å². The summed E-state index contributed by atoms with van der Waals surface area (Å²) < 4.78 is 2.36. The minimum atomic E-state index is 0.380. The summed E-state index contributed by atoms with van der Waals surface area (Å²) in [6.07, 6.45) is 8.58. The third kappa shape index (κ3) is 0.916. The van der Waals surface area contributed by atoms with Gasteiger partial charge in [-0.3, -0.25) is 4.98 Å². The van der Waals surface area contributed by atoms with E-state index in [0.29, 0.717) is 5.54 Å². The van der Waals surface area contributed by atoms with Gasteiger partial charge in [-0.15, -0.1) is 0 Å². The van der Waals surface area contributed by atoms with Crippen molar-refractivity contribution in [1.29, 1.82) is 0 Å². The Morgan fingerprint density at radius 3 is 3.00 bits per heavy atom. The lowest BCUT2D eigenvalue weighted by molar-refractivity contribution is 0.552. The van der Waals surface area contributed by atoms with Gasteiger partial charge in [0.25, 0.3) is 0 Å². The first kappa shape index (κ1) is 7.13. The molecule has 2 nitrogen and oxygen atoms in total. The highest BCUT2D eigenvalue weighted by Crippen LogP contribution is 2.44. The van der Waals surface area contributed by atoms with Crippen LogP contribution in [0.2, 0.25) is 0 Å². The molecule has 1 saturated carbocycles. The van der Waals surface area contributed by atoms with E-state index in [-0.39, 0.29) is 0 Å². The maximum atomic E-state index is 4.17. The average Bonchev–Trinajstić information content (AvgIpc) is 2.76. The van der Waals surface area contributed by atoms with Crippen LogP contribution in [0.4, 0.5) is 0 Å². The molecule has 0 radical (unpaired) electrons. The van der Waals surface area contributed by atoms with Crippen LogP contribution in [0.15, 0.2) is 30.7 Å². The lowest BCUT2D eigenvalue weighted by Gasteiger charge is -2.12. The van der Waals surface area contributed by atoms with Crippen LogP contribution in [-0.4, -0.2) is 9.55 Å². The molecule has 0 spiro atoms. The Hall–Kier alpha value is -1.31. The summed E-state index contributed by atoms with van der Waals surface area (Å²) in [4.78, 5) is 4.17. The molecule has 66 valence electrons. The highest BCUT2D eigenvalue weighted by Gasteiger charge is 2.39. The molecule has 1 aliphatic carbocycles. The molecular weight excluding hydrogens is 160 g/mol. The van der Waals surface area contributed by atoms with Crippen molar-refractivity contribution in [2.75, 3.05) is 0 Å². The molecule has 0 aliphatic heterocycles. The predicted octanol–water partition coefficient (Wildman–Crippen LogP) is 2.55. The summed E-state index contributed by atoms with van der Waals surface area (Å²) in [5.41, 5.74) is 1.65. The van der Waals surface area contributed by atoms with Crippen LogP contribution in [0.25, 0.3) is 10.9 Å². The highest BCUT2D eigenvalue weighted by molar-refractivity contribution is 5.79. The van der Waals surface area contributed by atoms with Gasteiger partial charge < -0.3 is 4.57 Å². The van der Waals surface area contributed by atoms with Crippen molar-refractivity contribution in [1.82, 2.24) is 9.55 Å². The zero-order valence-electron chi connectivity index (χ0n) is 7.70. The van der Waals surface area contributed by atoms with Gasteiger partial charge in [0, 0.05) is 23.3 Å². The Balaban J connectivity index is 2.30. The summed E-state index contributed by atoms with van der Waals surface area (Å²) in [7, 11) is 0. The van der Waals surface area contributed by atoms with E-state index in [9.17, 15) is 0 Å². The highest BCUT2D eigenvalue weighted by atomic mass is 15.1. The van der Waals surface area contributed by atoms with Crippen molar-refractivity contribution in [2.24, 2.45) is 0 Å². The number of fused-ring (bicyclic) bond motifs is 1. The van der Waals surface area contributed by atoms with Crippen molar-refractivity contribution in [3.05, 3.63) is 30.7 Å². The quantitative estimate of drug-likeness (QED) is 0.646. The number of pyridine rings is 1. The molecule has 13 heavy (non-hydrogen) atoms. The zero-order valence-corrected chi connectivity index (χ0v) is 7.70. The van der Waals surface area contributed by atoms with Crippen LogP contribution >= 0.6 is 0 Å². The van der Waals surface area contributed by atoms with Crippen LogP contribution in [0.3, 0.4) is 0 Å². The molecule has 2 aromatic rings. The fourth-order valence-electron chi connectivity index (χ4n) is 1.87. The standard InChI is InChI=1S/C11H12N2/c1-11(4-5-11)13-7-3-9-2-6-12-8-10(9)13/h2-3,6-8H,4-5H2,1H3. The van der Waals surface area contributed by atoms with E-state index in [4.69, 9.17) is 0 Å². The van der Waals surface area contributed by atoms with Crippen LogP contribution < -0.4 is 0 Å². The van der Waals surface area contributed by atoms with Crippen molar-refractivity contribution in [3.8, 4) is 0 Å². The summed E-state index contributed by atoms with van der Waals surface area (Å²) in [6.45, 7) is 2.31. The summed E-state index contributed by atoms with van der Waals surface area (Å²) >= 11 is 0. The topological polar surface area (TPSA) is 17.8 Å². The summed E-state index contributed by atoms with van der Waals surface area (Å²) in [5, 5.41) is 1.29. The average molecular weight is 172 g/mol. The second-order valence-corrected chi connectivity index (χ2v) is 4.12. The molecule has 1 fully saturated rings. The Bertz CT molecular complexity index is 452. The van der Waals surface area contributed by atoms with Gasteiger partial charge in [0.05, 0.1) is 11.7 Å². The molecule has 3 rings (SSSR count). The largest absolute Gasteiger partial charge is 0.340 e. The van der Waals surface area contributed by atoms with Gasteiger partial charge >= 0.3 is 0 Å². The Morgan fingerprint density at radius 1 is 1.38 bits per heavy atom. The molecule has 2 heteroatoms. The monoisotopic (exact) mass is 172 g/mol. The van der Waals surface area contributed by atoms with E-state index in [1.807, 2.05) is 12.4 Å². The molecule has 0 unspecified atom stereocenters. The smallest absolute Gasteiger partial charge is 0.0671 e. The van der Waals surface area contributed by atoms with Crippen molar-refractivity contribution in [2.45, 2.75) is 25.3 Å². The third-order valence-corrected chi connectivity index (χ3v) is 3.05. The SMILES string of the molecule is CC1(n2ccc3ccncc32)CC1. The van der Waals surface area contributed by atoms with Crippen molar-refractivity contribution < 1.29 is 0 Å². The Kier molecular flexibility index (Phi) is 1.17. The molecule has 1 aliphatic rings.